The summed E-state index contributed by atoms with van der Waals surface area (Å²) >= 11 is 0. The summed E-state index contributed by atoms with van der Waals surface area (Å²) in [6.45, 7) is 3.76. The molecule has 0 amide bonds. The van der Waals surface area contributed by atoms with Crippen LogP contribution in [0.3, 0.4) is 0 Å². The highest BCUT2D eigenvalue weighted by Gasteiger charge is 2.45. The summed E-state index contributed by atoms with van der Waals surface area (Å²) in [4.78, 5) is 6.81. The zero-order chi connectivity index (χ0) is 12.4. The van der Waals surface area contributed by atoms with Crippen molar-refractivity contribution < 1.29 is 9.47 Å². The lowest BCUT2D eigenvalue weighted by Gasteiger charge is -2.23. The van der Waals surface area contributed by atoms with Crippen LogP contribution in [0.25, 0.3) is 0 Å². The van der Waals surface area contributed by atoms with Gasteiger partial charge in [0.15, 0.2) is 0 Å². The normalized spacial score (nSPS) is 32.4. The van der Waals surface area contributed by atoms with E-state index in [9.17, 15) is 0 Å². The largest absolute Gasteiger partial charge is 0.379 e. The second-order valence-corrected chi connectivity index (χ2v) is 5.34. The van der Waals surface area contributed by atoms with E-state index in [-0.39, 0.29) is 11.7 Å². The lowest BCUT2D eigenvalue weighted by Crippen LogP contribution is -2.33. The quantitative estimate of drug-likeness (QED) is 0.811. The van der Waals surface area contributed by atoms with Crippen LogP contribution in [-0.2, 0) is 16.0 Å². The maximum atomic E-state index is 5.99. The van der Waals surface area contributed by atoms with E-state index in [0.29, 0.717) is 0 Å². The summed E-state index contributed by atoms with van der Waals surface area (Å²) in [6, 6.07) is 6.08. The predicted octanol–water partition coefficient (Wildman–Crippen LogP) is 1.46. The summed E-state index contributed by atoms with van der Waals surface area (Å²) in [5.41, 5.74) is 1.17. The molecule has 3 heterocycles. The molecule has 18 heavy (non-hydrogen) atoms. The van der Waals surface area contributed by atoms with Crippen molar-refractivity contribution in [2.24, 2.45) is 0 Å². The molecule has 3 rings (SSSR count). The van der Waals surface area contributed by atoms with Gasteiger partial charge < -0.3 is 9.47 Å². The van der Waals surface area contributed by atoms with Crippen molar-refractivity contribution in [2.75, 3.05) is 26.8 Å². The second-order valence-electron chi connectivity index (χ2n) is 5.34. The highest BCUT2D eigenvalue weighted by Crippen LogP contribution is 2.36. The topological polar surface area (TPSA) is 34.6 Å². The SMILES string of the molecule is COC1COC2(CCN(Cc3ccccn3)C2)C1. The standard InChI is InChI=1S/C14H20N2O2/c1-17-13-8-14(18-10-13)5-7-16(11-14)9-12-4-2-3-6-15-12/h2-4,6,13H,5,7-11H2,1H3. The van der Waals surface area contributed by atoms with Gasteiger partial charge in [-0.25, -0.2) is 0 Å². The first-order chi connectivity index (χ1) is 8.80. The van der Waals surface area contributed by atoms with Crippen molar-refractivity contribution in [3.63, 3.8) is 0 Å². The fourth-order valence-electron chi connectivity index (χ4n) is 3.02. The summed E-state index contributed by atoms with van der Waals surface area (Å²) in [5, 5.41) is 0. The lowest BCUT2D eigenvalue weighted by molar-refractivity contribution is 0.00627. The van der Waals surface area contributed by atoms with Gasteiger partial charge in [-0.15, -0.1) is 0 Å². The molecule has 2 aliphatic rings. The first-order valence-corrected chi connectivity index (χ1v) is 6.59. The lowest BCUT2D eigenvalue weighted by atomic mass is 9.98. The Morgan fingerprint density at radius 1 is 1.56 bits per heavy atom. The molecule has 0 bridgehead atoms. The fraction of sp³-hybridized carbons (Fsp3) is 0.643. The minimum atomic E-state index is 0.0372. The number of methoxy groups -OCH3 is 1. The Hall–Kier alpha value is -0.970. The monoisotopic (exact) mass is 248 g/mol. The molecule has 0 N–H and O–H groups in total. The first kappa shape index (κ1) is 12.1. The Morgan fingerprint density at radius 2 is 2.50 bits per heavy atom. The Kier molecular flexibility index (Phi) is 3.33. The van der Waals surface area contributed by atoms with Crippen LogP contribution in [0, 0.1) is 0 Å². The van der Waals surface area contributed by atoms with Crippen molar-refractivity contribution in [1.82, 2.24) is 9.88 Å². The van der Waals surface area contributed by atoms with E-state index in [1.165, 1.54) is 0 Å². The summed E-state index contributed by atoms with van der Waals surface area (Å²) in [6.07, 6.45) is 4.27. The van der Waals surface area contributed by atoms with Gasteiger partial charge in [-0.3, -0.25) is 9.88 Å². The Balaban J connectivity index is 1.59. The van der Waals surface area contributed by atoms with Crippen molar-refractivity contribution in [1.29, 1.82) is 0 Å². The highest BCUT2D eigenvalue weighted by molar-refractivity contribution is 5.05. The minimum absolute atomic E-state index is 0.0372. The molecule has 4 heteroatoms. The van der Waals surface area contributed by atoms with Crippen LogP contribution in [0.2, 0.25) is 0 Å². The minimum Gasteiger partial charge on any atom is -0.379 e. The van der Waals surface area contributed by atoms with Gasteiger partial charge in [0.05, 0.1) is 24.0 Å². The van der Waals surface area contributed by atoms with Crippen LogP contribution >= 0.6 is 0 Å². The van der Waals surface area contributed by atoms with E-state index in [2.05, 4.69) is 16.0 Å². The number of ether oxygens (including phenoxy) is 2. The van der Waals surface area contributed by atoms with E-state index < -0.39 is 0 Å². The number of rotatable bonds is 3. The third-order valence-electron chi connectivity index (χ3n) is 4.02. The molecule has 2 atom stereocenters. The van der Waals surface area contributed by atoms with Gasteiger partial charge in [0, 0.05) is 39.4 Å². The van der Waals surface area contributed by atoms with Crippen molar-refractivity contribution in [3.8, 4) is 0 Å². The average molecular weight is 248 g/mol. The molecule has 2 unspecified atom stereocenters. The molecule has 1 spiro atoms. The molecular formula is C14H20N2O2. The van der Waals surface area contributed by atoms with Crippen LogP contribution < -0.4 is 0 Å². The van der Waals surface area contributed by atoms with Crippen LogP contribution in [-0.4, -0.2) is 48.4 Å². The molecule has 0 saturated carbocycles. The number of hydrogen-bond donors (Lipinski definition) is 0. The maximum Gasteiger partial charge on any atom is 0.0847 e. The zero-order valence-electron chi connectivity index (χ0n) is 10.8. The summed E-state index contributed by atoms with van der Waals surface area (Å²) < 4.78 is 11.4. The average Bonchev–Trinajstić information content (AvgIpc) is 2.99. The van der Waals surface area contributed by atoms with Gasteiger partial charge in [0.25, 0.3) is 0 Å². The Bertz CT molecular complexity index is 398. The summed E-state index contributed by atoms with van der Waals surface area (Å²) in [7, 11) is 1.77. The summed E-state index contributed by atoms with van der Waals surface area (Å²) in [5.74, 6) is 0. The molecule has 0 aromatic carbocycles. The van der Waals surface area contributed by atoms with E-state index in [1.54, 1.807) is 7.11 Å². The maximum absolute atomic E-state index is 5.99. The van der Waals surface area contributed by atoms with Crippen LogP contribution in [0.5, 0.6) is 0 Å². The van der Waals surface area contributed by atoms with E-state index in [4.69, 9.17) is 9.47 Å². The number of aromatic nitrogens is 1. The predicted molar refractivity (Wildman–Crippen MR) is 68.2 cm³/mol. The molecule has 2 saturated heterocycles. The zero-order valence-corrected chi connectivity index (χ0v) is 10.8. The number of pyridine rings is 1. The molecule has 2 aliphatic heterocycles. The Labute approximate surface area is 108 Å². The van der Waals surface area contributed by atoms with Gasteiger partial charge in [-0.1, -0.05) is 6.07 Å². The van der Waals surface area contributed by atoms with Crippen LogP contribution in [0.4, 0.5) is 0 Å². The molecule has 0 radical (unpaired) electrons. The number of hydrogen-bond acceptors (Lipinski definition) is 4. The van der Waals surface area contributed by atoms with Gasteiger partial charge in [-0.05, 0) is 18.6 Å². The van der Waals surface area contributed by atoms with Crippen molar-refractivity contribution >= 4 is 0 Å². The molecular weight excluding hydrogens is 228 g/mol. The third-order valence-corrected chi connectivity index (χ3v) is 4.02. The molecule has 2 fully saturated rings. The second kappa shape index (κ2) is 4.96. The van der Waals surface area contributed by atoms with Crippen molar-refractivity contribution in [3.05, 3.63) is 30.1 Å². The molecule has 4 nitrogen and oxygen atoms in total. The first-order valence-electron chi connectivity index (χ1n) is 6.59. The number of nitrogens with zero attached hydrogens (tertiary/aromatic N) is 2. The third kappa shape index (κ3) is 2.41. The van der Waals surface area contributed by atoms with Gasteiger partial charge in [-0.2, -0.15) is 0 Å². The molecule has 98 valence electrons. The van der Waals surface area contributed by atoms with Gasteiger partial charge >= 0.3 is 0 Å². The van der Waals surface area contributed by atoms with Gasteiger partial charge in [0.1, 0.15) is 0 Å². The van der Waals surface area contributed by atoms with Crippen LogP contribution in [0.15, 0.2) is 24.4 Å². The fourth-order valence-corrected chi connectivity index (χ4v) is 3.02. The molecule has 0 aliphatic carbocycles. The van der Waals surface area contributed by atoms with Crippen molar-refractivity contribution in [2.45, 2.75) is 31.1 Å². The van der Waals surface area contributed by atoms with Crippen LogP contribution in [0.1, 0.15) is 18.5 Å². The van der Waals surface area contributed by atoms with E-state index in [1.807, 2.05) is 18.3 Å². The smallest absolute Gasteiger partial charge is 0.0847 e. The molecule has 1 aromatic rings. The molecule has 1 aromatic heterocycles. The van der Waals surface area contributed by atoms with Gasteiger partial charge in [0.2, 0.25) is 0 Å². The Morgan fingerprint density at radius 3 is 3.22 bits per heavy atom. The van der Waals surface area contributed by atoms with E-state index in [0.717, 1.165) is 44.8 Å². The number of likely N-dealkylation sites (tertiary alicyclic amines) is 1. The highest BCUT2D eigenvalue weighted by atomic mass is 16.6. The van der Waals surface area contributed by atoms with E-state index >= 15 is 0 Å².